The van der Waals surface area contributed by atoms with Crippen molar-refractivity contribution in [3.05, 3.63) is 28.8 Å². The van der Waals surface area contributed by atoms with E-state index in [1.54, 1.807) is 18.2 Å². The number of sulfone groups is 1. The minimum Gasteiger partial charge on any atom is -0.324 e. The van der Waals surface area contributed by atoms with Gasteiger partial charge < -0.3 is 5.73 Å². The Morgan fingerprint density at radius 3 is 2.87 bits per heavy atom. The van der Waals surface area contributed by atoms with E-state index < -0.39 is 9.84 Å². The summed E-state index contributed by atoms with van der Waals surface area (Å²) in [6, 6.07) is 4.58. The molecular weight excluding hydrogens is 234 g/mol. The monoisotopic (exact) mass is 245 g/mol. The summed E-state index contributed by atoms with van der Waals surface area (Å²) >= 11 is 5.84. The zero-order valence-corrected chi connectivity index (χ0v) is 9.68. The van der Waals surface area contributed by atoms with E-state index in [4.69, 9.17) is 17.3 Å². The average Bonchev–Trinajstić information content (AvgIpc) is 2.25. The van der Waals surface area contributed by atoms with E-state index in [0.29, 0.717) is 28.3 Å². The minimum atomic E-state index is -3.17. The highest BCUT2D eigenvalue weighted by Crippen LogP contribution is 2.31. The molecule has 0 aliphatic carbocycles. The number of halogens is 1. The molecule has 1 aromatic rings. The first-order valence-electron chi connectivity index (χ1n) is 4.78. The zero-order chi connectivity index (χ0) is 11.1. The molecule has 1 unspecified atom stereocenters. The fourth-order valence-corrected chi connectivity index (χ4v) is 3.64. The SMILES string of the molecule is NC1CCCS(=O)(=O)c2ccc(Cl)cc21. The molecule has 0 fully saturated rings. The van der Waals surface area contributed by atoms with Crippen LogP contribution in [0.15, 0.2) is 23.1 Å². The number of benzene rings is 1. The number of fused-ring (bicyclic) bond motifs is 1. The Kier molecular flexibility index (Phi) is 2.75. The minimum absolute atomic E-state index is 0.176. The van der Waals surface area contributed by atoms with Crippen LogP contribution in [0.3, 0.4) is 0 Å². The van der Waals surface area contributed by atoms with E-state index in [9.17, 15) is 8.42 Å². The quantitative estimate of drug-likeness (QED) is 0.760. The van der Waals surface area contributed by atoms with Gasteiger partial charge in [0.1, 0.15) is 0 Å². The van der Waals surface area contributed by atoms with Crippen LogP contribution in [0.1, 0.15) is 24.4 Å². The highest BCUT2D eigenvalue weighted by molar-refractivity contribution is 7.91. The number of hydrogen-bond donors (Lipinski definition) is 1. The maximum absolute atomic E-state index is 11.9. The molecule has 2 N–H and O–H groups in total. The van der Waals surface area contributed by atoms with Crippen LogP contribution in [0.25, 0.3) is 0 Å². The van der Waals surface area contributed by atoms with E-state index >= 15 is 0 Å². The molecule has 5 heteroatoms. The fraction of sp³-hybridized carbons (Fsp3) is 0.400. The molecule has 0 spiro atoms. The average molecular weight is 246 g/mol. The van der Waals surface area contributed by atoms with Gasteiger partial charge in [0.25, 0.3) is 0 Å². The maximum Gasteiger partial charge on any atom is 0.178 e. The smallest absolute Gasteiger partial charge is 0.178 e. The Bertz CT molecular complexity index is 484. The molecule has 0 bridgehead atoms. The molecule has 2 rings (SSSR count). The van der Waals surface area contributed by atoms with E-state index in [1.807, 2.05) is 0 Å². The number of nitrogens with two attached hydrogens (primary N) is 1. The fourth-order valence-electron chi connectivity index (χ4n) is 1.85. The Labute approximate surface area is 94.2 Å². The molecule has 0 radical (unpaired) electrons. The lowest BCUT2D eigenvalue weighted by atomic mass is 10.0. The van der Waals surface area contributed by atoms with E-state index in [1.165, 1.54) is 0 Å². The van der Waals surface area contributed by atoms with Gasteiger partial charge in [0.2, 0.25) is 0 Å². The summed E-state index contributed by atoms with van der Waals surface area (Å²) in [5, 5.41) is 0.529. The van der Waals surface area contributed by atoms with Gasteiger partial charge in [-0.2, -0.15) is 0 Å². The van der Waals surface area contributed by atoms with Crippen molar-refractivity contribution >= 4 is 21.4 Å². The van der Waals surface area contributed by atoms with E-state index in [-0.39, 0.29) is 11.8 Å². The van der Waals surface area contributed by atoms with Crippen molar-refractivity contribution in [3.8, 4) is 0 Å². The standard InChI is InChI=1S/C10H12ClNO2S/c11-7-3-4-10-8(6-7)9(12)2-1-5-15(10,13)14/h3-4,6,9H,1-2,5,12H2. The van der Waals surface area contributed by atoms with Gasteiger partial charge in [-0.05, 0) is 36.6 Å². The van der Waals surface area contributed by atoms with Crippen LogP contribution in [-0.2, 0) is 9.84 Å². The van der Waals surface area contributed by atoms with Crippen LogP contribution >= 0.6 is 11.6 Å². The van der Waals surface area contributed by atoms with Crippen molar-refractivity contribution in [2.75, 3.05) is 5.75 Å². The molecule has 3 nitrogen and oxygen atoms in total. The first kappa shape index (κ1) is 10.9. The van der Waals surface area contributed by atoms with Gasteiger partial charge >= 0.3 is 0 Å². The van der Waals surface area contributed by atoms with E-state index in [2.05, 4.69) is 0 Å². The summed E-state index contributed by atoms with van der Waals surface area (Å²) in [6.45, 7) is 0. The van der Waals surface area contributed by atoms with Crippen LogP contribution < -0.4 is 5.73 Å². The van der Waals surface area contributed by atoms with Crippen molar-refractivity contribution < 1.29 is 8.42 Å². The van der Waals surface area contributed by atoms with Crippen LogP contribution in [0.5, 0.6) is 0 Å². The summed E-state index contributed by atoms with van der Waals surface area (Å²) in [6.07, 6.45) is 1.29. The number of hydrogen-bond acceptors (Lipinski definition) is 3. The third kappa shape index (κ3) is 2.02. The van der Waals surface area contributed by atoms with Crippen LogP contribution in [0.2, 0.25) is 5.02 Å². The van der Waals surface area contributed by atoms with Gasteiger partial charge in [0, 0.05) is 11.1 Å². The Balaban J connectivity index is 2.67. The molecule has 0 amide bonds. The van der Waals surface area contributed by atoms with Crippen molar-refractivity contribution in [2.24, 2.45) is 5.73 Å². The molecule has 1 aromatic carbocycles. The van der Waals surface area contributed by atoms with Gasteiger partial charge in [-0.15, -0.1) is 0 Å². The second-order valence-corrected chi connectivity index (χ2v) is 6.26. The third-order valence-electron chi connectivity index (χ3n) is 2.63. The van der Waals surface area contributed by atoms with Crippen LogP contribution in [0.4, 0.5) is 0 Å². The zero-order valence-electron chi connectivity index (χ0n) is 8.11. The molecular formula is C10H12ClNO2S. The first-order valence-corrected chi connectivity index (χ1v) is 6.81. The second-order valence-electron chi connectivity index (χ2n) is 3.75. The lowest BCUT2D eigenvalue weighted by Crippen LogP contribution is -2.11. The Morgan fingerprint density at radius 2 is 2.13 bits per heavy atom. The summed E-state index contributed by atoms with van der Waals surface area (Å²) in [5.41, 5.74) is 6.57. The van der Waals surface area contributed by atoms with Crippen LogP contribution in [-0.4, -0.2) is 14.2 Å². The predicted molar refractivity (Wildman–Crippen MR) is 59.7 cm³/mol. The molecule has 1 heterocycles. The lowest BCUT2D eigenvalue weighted by molar-refractivity contribution is 0.594. The maximum atomic E-state index is 11.9. The highest BCUT2D eigenvalue weighted by atomic mass is 35.5. The summed E-state index contributed by atoms with van der Waals surface area (Å²) in [7, 11) is -3.17. The first-order chi connectivity index (χ1) is 7.00. The summed E-state index contributed by atoms with van der Waals surface area (Å²) in [5.74, 6) is 0.176. The second kappa shape index (κ2) is 3.77. The molecule has 0 aromatic heterocycles. The van der Waals surface area contributed by atoms with Gasteiger partial charge in [-0.1, -0.05) is 11.6 Å². The van der Waals surface area contributed by atoms with Crippen LogP contribution in [0, 0.1) is 0 Å². The number of rotatable bonds is 0. The molecule has 0 saturated heterocycles. The van der Waals surface area contributed by atoms with E-state index in [0.717, 1.165) is 0 Å². The van der Waals surface area contributed by atoms with Crippen molar-refractivity contribution in [2.45, 2.75) is 23.8 Å². The Morgan fingerprint density at radius 1 is 1.40 bits per heavy atom. The van der Waals surface area contributed by atoms with Gasteiger partial charge in [-0.3, -0.25) is 0 Å². The van der Waals surface area contributed by atoms with Gasteiger partial charge in [0.05, 0.1) is 10.6 Å². The predicted octanol–water partition coefficient (Wildman–Crippen LogP) is 1.91. The summed E-state index contributed by atoms with van der Waals surface area (Å²) in [4.78, 5) is 0.344. The summed E-state index contributed by atoms with van der Waals surface area (Å²) < 4.78 is 23.7. The normalized spacial score (nSPS) is 24.3. The molecule has 0 saturated carbocycles. The third-order valence-corrected chi connectivity index (χ3v) is 4.74. The lowest BCUT2D eigenvalue weighted by Gasteiger charge is -2.11. The largest absolute Gasteiger partial charge is 0.324 e. The molecule has 82 valence electrons. The topological polar surface area (TPSA) is 60.2 Å². The van der Waals surface area contributed by atoms with Crippen molar-refractivity contribution in [1.82, 2.24) is 0 Å². The van der Waals surface area contributed by atoms with Crippen molar-refractivity contribution in [1.29, 1.82) is 0 Å². The van der Waals surface area contributed by atoms with Gasteiger partial charge in [0.15, 0.2) is 9.84 Å². The van der Waals surface area contributed by atoms with Gasteiger partial charge in [-0.25, -0.2) is 8.42 Å². The Hall–Kier alpha value is -0.580. The molecule has 1 atom stereocenters. The molecule has 15 heavy (non-hydrogen) atoms. The van der Waals surface area contributed by atoms with Crippen molar-refractivity contribution in [3.63, 3.8) is 0 Å². The highest BCUT2D eigenvalue weighted by Gasteiger charge is 2.25. The molecule has 1 aliphatic rings. The molecule has 1 aliphatic heterocycles.